The van der Waals surface area contributed by atoms with Crippen molar-refractivity contribution in [2.75, 3.05) is 33.4 Å². The molecular formula is C21H21ClN2O8. The van der Waals surface area contributed by atoms with Crippen LogP contribution in [0.5, 0.6) is 5.75 Å². The molecule has 0 radical (unpaired) electrons. The molecule has 0 aromatic heterocycles. The van der Waals surface area contributed by atoms with Gasteiger partial charge in [-0.25, -0.2) is 9.59 Å². The number of nitro groups is 1. The van der Waals surface area contributed by atoms with E-state index in [2.05, 4.69) is 0 Å². The van der Waals surface area contributed by atoms with Crippen LogP contribution in [-0.4, -0.2) is 61.1 Å². The van der Waals surface area contributed by atoms with Gasteiger partial charge >= 0.3 is 11.9 Å². The van der Waals surface area contributed by atoms with Crippen molar-refractivity contribution in [1.82, 2.24) is 4.90 Å². The number of benzene rings is 2. The Balaban J connectivity index is 1.92. The molecule has 0 aliphatic carbocycles. The van der Waals surface area contributed by atoms with Crippen molar-refractivity contribution in [3.05, 3.63) is 68.7 Å². The van der Waals surface area contributed by atoms with Crippen LogP contribution in [0.3, 0.4) is 0 Å². The molecule has 0 aliphatic heterocycles. The molecular weight excluding hydrogens is 444 g/mol. The zero-order chi connectivity index (χ0) is 23.7. The number of nitro benzene ring substituents is 1. The molecule has 32 heavy (non-hydrogen) atoms. The Bertz CT molecular complexity index is 994. The highest BCUT2D eigenvalue weighted by Crippen LogP contribution is 2.19. The quantitative estimate of drug-likeness (QED) is 0.298. The van der Waals surface area contributed by atoms with E-state index < -0.39 is 35.1 Å². The summed E-state index contributed by atoms with van der Waals surface area (Å²) in [6.45, 7) is 1.47. The van der Waals surface area contributed by atoms with Crippen LogP contribution in [0.2, 0.25) is 5.02 Å². The zero-order valence-corrected chi connectivity index (χ0v) is 18.2. The Kier molecular flexibility index (Phi) is 8.96. The van der Waals surface area contributed by atoms with E-state index in [1.54, 1.807) is 31.2 Å². The first-order chi connectivity index (χ1) is 15.2. The van der Waals surface area contributed by atoms with Gasteiger partial charge < -0.3 is 19.1 Å². The summed E-state index contributed by atoms with van der Waals surface area (Å²) in [5.74, 6) is -1.72. The first kappa shape index (κ1) is 24.6. The summed E-state index contributed by atoms with van der Waals surface area (Å²) in [5.41, 5.74) is -0.898. The highest BCUT2D eigenvalue weighted by molar-refractivity contribution is 6.30. The van der Waals surface area contributed by atoms with Crippen molar-refractivity contribution in [3.8, 4) is 5.75 Å². The number of likely N-dealkylation sites (N-methyl/N-ethyl adjacent to an activating group) is 1. The second-order valence-electron chi connectivity index (χ2n) is 6.44. The molecule has 2 rings (SSSR count). The van der Waals surface area contributed by atoms with Gasteiger partial charge in [-0.15, -0.1) is 0 Å². The molecule has 0 saturated carbocycles. The minimum atomic E-state index is -0.988. The van der Waals surface area contributed by atoms with E-state index in [1.807, 2.05) is 0 Å². The highest BCUT2D eigenvalue weighted by atomic mass is 35.5. The van der Waals surface area contributed by atoms with E-state index in [1.165, 1.54) is 11.9 Å². The number of hydrogen-bond donors (Lipinski definition) is 0. The maximum atomic E-state index is 12.3. The van der Waals surface area contributed by atoms with Crippen LogP contribution in [0.15, 0.2) is 42.5 Å². The third-order valence-corrected chi connectivity index (χ3v) is 4.39. The SMILES string of the molecule is CCOC(=O)c1cc(C(=O)OCC(=O)N(C)CCOc2ccc(Cl)cc2)cc([N+](=O)[O-])c1. The van der Waals surface area contributed by atoms with Crippen molar-refractivity contribution in [1.29, 1.82) is 0 Å². The van der Waals surface area contributed by atoms with Gasteiger partial charge in [0.1, 0.15) is 12.4 Å². The fourth-order valence-corrected chi connectivity index (χ4v) is 2.57. The molecule has 0 N–H and O–H groups in total. The normalized spacial score (nSPS) is 10.2. The number of hydrogen-bond acceptors (Lipinski definition) is 8. The molecule has 0 spiro atoms. The summed E-state index contributed by atoms with van der Waals surface area (Å²) in [6, 6.07) is 9.79. The molecule has 170 valence electrons. The molecule has 2 aromatic rings. The number of nitrogens with zero attached hydrogens (tertiary/aromatic N) is 2. The summed E-state index contributed by atoms with van der Waals surface area (Å²) in [5, 5.41) is 11.7. The Morgan fingerprint density at radius 3 is 2.19 bits per heavy atom. The lowest BCUT2D eigenvalue weighted by Gasteiger charge is -2.17. The van der Waals surface area contributed by atoms with Gasteiger partial charge in [0.2, 0.25) is 0 Å². The zero-order valence-electron chi connectivity index (χ0n) is 17.4. The third-order valence-electron chi connectivity index (χ3n) is 4.14. The Labute approximate surface area is 188 Å². The van der Waals surface area contributed by atoms with Crippen LogP contribution in [0.4, 0.5) is 5.69 Å². The van der Waals surface area contributed by atoms with Gasteiger partial charge in [0.15, 0.2) is 6.61 Å². The van der Waals surface area contributed by atoms with Gasteiger partial charge in [0.05, 0.1) is 29.2 Å². The molecule has 1 amide bonds. The van der Waals surface area contributed by atoms with Gasteiger partial charge in [-0.3, -0.25) is 14.9 Å². The van der Waals surface area contributed by atoms with Crippen molar-refractivity contribution < 1.29 is 33.5 Å². The van der Waals surface area contributed by atoms with E-state index in [9.17, 15) is 24.5 Å². The number of carbonyl (C=O) groups is 3. The number of carbonyl (C=O) groups excluding carboxylic acids is 3. The molecule has 0 aliphatic rings. The number of halogens is 1. The predicted octanol–water partition coefficient (Wildman–Crippen LogP) is 3.12. The predicted molar refractivity (Wildman–Crippen MR) is 114 cm³/mol. The summed E-state index contributed by atoms with van der Waals surface area (Å²) >= 11 is 5.80. The van der Waals surface area contributed by atoms with E-state index in [4.69, 9.17) is 25.8 Å². The highest BCUT2D eigenvalue weighted by Gasteiger charge is 2.20. The van der Waals surface area contributed by atoms with Crippen LogP contribution in [0.1, 0.15) is 27.6 Å². The summed E-state index contributed by atoms with van der Waals surface area (Å²) in [7, 11) is 1.51. The molecule has 0 bridgehead atoms. The Morgan fingerprint density at radius 2 is 1.62 bits per heavy atom. The number of rotatable bonds is 10. The van der Waals surface area contributed by atoms with Gasteiger partial charge in [0, 0.05) is 24.2 Å². The fourth-order valence-electron chi connectivity index (χ4n) is 2.44. The van der Waals surface area contributed by atoms with Crippen LogP contribution >= 0.6 is 11.6 Å². The van der Waals surface area contributed by atoms with Crippen LogP contribution < -0.4 is 4.74 Å². The van der Waals surface area contributed by atoms with Gasteiger partial charge in [-0.05, 0) is 37.3 Å². The average Bonchev–Trinajstić information content (AvgIpc) is 2.78. The molecule has 0 fully saturated rings. The summed E-state index contributed by atoms with van der Waals surface area (Å²) in [4.78, 5) is 48.1. The number of ether oxygens (including phenoxy) is 3. The molecule has 10 nitrogen and oxygen atoms in total. The monoisotopic (exact) mass is 464 g/mol. The Hall–Kier alpha value is -3.66. The summed E-state index contributed by atoms with van der Waals surface area (Å²) < 4.78 is 15.3. The summed E-state index contributed by atoms with van der Waals surface area (Å²) in [6.07, 6.45) is 0. The average molecular weight is 465 g/mol. The van der Waals surface area contributed by atoms with Crippen LogP contribution in [-0.2, 0) is 14.3 Å². The molecule has 2 aromatic carbocycles. The molecule has 0 atom stereocenters. The minimum absolute atomic E-state index is 0.0594. The standard InChI is InChI=1S/C21H21ClN2O8/c1-3-30-20(26)14-10-15(12-17(11-14)24(28)29)21(27)32-13-19(25)23(2)8-9-31-18-6-4-16(22)5-7-18/h4-7,10-12H,3,8-9,13H2,1-2H3. The number of amides is 1. The largest absolute Gasteiger partial charge is 0.492 e. The molecule has 0 saturated heterocycles. The maximum absolute atomic E-state index is 12.3. The fraction of sp³-hybridized carbons (Fsp3) is 0.286. The molecule has 0 unspecified atom stereocenters. The van der Waals surface area contributed by atoms with Crippen molar-refractivity contribution in [2.24, 2.45) is 0 Å². The lowest BCUT2D eigenvalue weighted by atomic mass is 10.1. The smallest absolute Gasteiger partial charge is 0.338 e. The lowest BCUT2D eigenvalue weighted by molar-refractivity contribution is -0.384. The van der Waals surface area contributed by atoms with Crippen LogP contribution in [0, 0.1) is 10.1 Å². The van der Waals surface area contributed by atoms with Gasteiger partial charge in [0.25, 0.3) is 11.6 Å². The first-order valence-electron chi connectivity index (χ1n) is 9.47. The second-order valence-corrected chi connectivity index (χ2v) is 6.88. The third kappa shape index (κ3) is 7.24. The topological polar surface area (TPSA) is 125 Å². The second kappa shape index (κ2) is 11.7. The van der Waals surface area contributed by atoms with Gasteiger partial charge in [-0.2, -0.15) is 0 Å². The van der Waals surface area contributed by atoms with Crippen molar-refractivity contribution in [3.63, 3.8) is 0 Å². The number of non-ortho nitro benzene ring substituents is 1. The van der Waals surface area contributed by atoms with E-state index >= 15 is 0 Å². The number of esters is 2. The maximum Gasteiger partial charge on any atom is 0.338 e. The van der Waals surface area contributed by atoms with E-state index in [0.717, 1.165) is 18.2 Å². The molecule has 0 heterocycles. The van der Waals surface area contributed by atoms with E-state index in [-0.39, 0.29) is 30.9 Å². The van der Waals surface area contributed by atoms with E-state index in [0.29, 0.717) is 10.8 Å². The van der Waals surface area contributed by atoms with Crippen LogP contribution in [0.25, 0.3) is 0 Å². The Morgan fingerprint density at radius 1 is 1.03 bits per heavy atom. The van der Waals surface area contributed by atoms with Crippen molar-refractivity contribution >= 4 is 35.1 Å². The minimum Gasteiger partial charge on any atom is -0.492 e. The van der Waals surface area contributed by atoms with Gasteiger partial charge in [-0.1, -0.05) is 11.6 Å². The molecule has 11 heteroatoms. The first-order valence-corrected chi connectivity index (χ1v) is 9.85. The lowest BCUT2D eigenvalue weighted by Crippen LogP contribution is -2.34. The van der Waals surface area contributed by atoms with Crippen molar-refractivity contribution in [2.45, 2.75) is 6.92 Å².